The minimum atomic E-state index is -5.07. The molecule has 53 heavy (non-hydrogen) atoms. The summed E-state index contributed by atoms with van der Waals surface area (Å²) in [4.78, 5) is 22.2. The minimum Gasteiger partial charge on any atom is -0.497 e. The van der Waals surface area contributed by atoms with Gasteiger partial charge in [-0.15, -0.1) is 0 Å². The van der Waals surface area contributed by atoms with Crippen molar-refractivity contribution in [3.05, 3.63) is 136 Å². The van der Waals surface area contributed by atoms with Crippen molar-refractivity contribution in [3.63, 3.8) is 0 Å². The van der Waals surface area contributed by atoms with E-state index in [0.29, 0.717) is 22.4 Å². The number of hydrogen-bond donors (Lipinski definition) is 2. The minimum absolute atomic E-state index is 0.0686. The van der Waals surface area contributed by atoms with Crippen LogP contribution >= 0.6 is 0 Å². The van der Waals surface area contributed by atoms with Crippen molar-refractivity contribution in [1.82, 2.24) is 9.88 Å². The summed E-state index contributed by atoms with van der Waals surface area (Å²) in [5.41, 5.74) is 1.71. The molecule has 0 radical (unpaired) electrons. The standard InChI is InChI=1S/C39H34F3N3O8/c1-50-30-15-10-27(11-16-30)38(26-8-4-3-5-9-26,28-12-17-31(51-2)18-13-28)52-24-35-34(46)22-36(53-35)44-23-25(7-6-20-43-37(47)39(40,41)42)32-21-29(45(48)49)14-19-33(32)44/h3-5,8-19,21,23,34-36,46H,20,22,24H2,1-2H3,(H,43,47). The highest BCUT2D eigenvalue weighted by Gasteiger charge is 2.42. The fraction of sp³-hybridized carbons (Fsp3) is 0.256. The maximum atomic E-state index is 12.6. The van der Waals surface area contributed by atoms with Crippen molar-refractivity contribution in [3.8, 4) is 23.3 Å². The zero-order valence-corrected chi connectivity index (χ0v) is 28.5. The first kappa shape index (κ1) is 36.9. The summed E-state index contributed by atoms with van der Waals surface area (Å²) in [6.45, 7) is -0.676. The van der Waals surface area contributed by atoms with Crippen LogP contribution in [0, 0.1) is 22.0 Å². The maximum absolute atomic E-state index is 12.6. The summed E-state index contributed by atoms with van der Waals surface area (Å²) in [6.07, 6.45) is -5.99. The van der Waals surface area contributed by atoms with Crippen molar-refractivity contribution in [1.29, 1.82) is 0 Å². The van der Waals surface area contributed by atoms with Gasteiger partial charge >= 0.3 is 12.1 Å². The van der Waals surface area contributed by atoms with Gasteiger partial charge < -0.3 is 33.9 Å². The van der Waals surface area contributed by atoms with Crippen LogP contribution in [0.25, 0.3) is 10.9 Å². The fourth-order valence-corrected chi connectivity index (χ4v) is 6.38. The van der Waals surface area contributed by atoms with Crippen molar-refractivity contribution in [2.75, 3.05) is 27.4 Å². The van der Waals surface area contributed by atoms with E-state index < -0.39 is 47.6 Å². The highest BCUT2D eigenvalue weighted by atomic mass is 19.4. The van der Waals surface area contributed by atoms with Crippen molar-refractivity contribution in [2.24, 2.45) is 0 Å². The normalized spacial score (nSPS) is 17.2. The summed E-state index contributed by atoms with van der Waals surface area (Å²) in [5.74, 6) is 4.35. The Hall–Kier alpha value is -5.88. The number of nitrogens with zero attached hydrogens (tertiary/aromatic N) is 2. The molecule has 1 aliphatic rings. The lowest BCUT2D eigenvalue weighted by Gasteiger charge is -2.37. The van der Waals surface area contributed by atoms with Gasteiger partial charge in [0, 0.05) is 30.1 Å². The zero-order valence-electron chi connectivity index (χ0n) is 28.5. The van der Waals surface area contributed by atoms with Crippen LogP contribution in [0.15, 0.2) is 103 Å². The van der Waals surface area contributed by atoms with E-state index >= 15 is 0 Å². The first-order chi connectivity index (χ1) is 25.4. The number of nitro benzene ring substituents is 1. The molecular weight excluding hydrogens is 695 g/mol. The molecule has 14 heteroatoms. The van der Waals surface area contributed by atoms with Crippen molar-refractivity contribution >= 4 is 22.5 Å². The molecule has 2 heterocycles. The van der Waals surface area contributed by atoms with E-state index in [1.807, 2.05) is 78.9 Å². The van der Waals surface area contributed by atoms with E-state index in [1.165, 1.54) is 18.2 Å². The topological polar surface area (TPSA) is 134 Å². The average Bonchev–Trinajstić information content (AvgIpc) is 3.73. The molecule has 6 rings (SSSR count). The van der Waals surface area contributed by atoms with Gasteiger partial charge in [-0.1, -0.05) is 66.4 Å². The van der Waals surface area contributed by atoms with Crippen LogP contribution in [0.2, 0.25) is 0 Å². The number of amides is 1. The number of nitro groups is 1. The van der Waals surface area contributed by atoms with Gasteiger partial charge in [-0.3, -0.25) is 14.9 Å². The molecule has 11 nitrogen and oxygen atoms in total. The largest absolute Gasteiger partial charge is 0.497 e. The summed E-state index contributed by atoms with van der Waals surface area (Å²) in [6, 6.07) is 28.7. The maximum Gasteiger partial charge on any atom is 0.471 e. The number of aromatic nitrogens is 1. The van der Waals surface area contributed by atoms with E-state index in [9.17, 15) is 33.2 Å². The molecule has 4 aromatic carbocycles. The number of benzene rings is 4. The number of hydrogen-bond acceptors (Lipinski definition) is 8. The van der Waals surface area contributed by atoms with Crippen molar-refractivity contribution in [2.45, 2.75) is 36.6 Å². The smallest absolute Gasteiger partial charge is 0.471 e. The number of ether oxygens (including phenoxy) is 4. The van der Waals surface area contributed by atoms with Crippen LogP contribution in [0.1, 0.15) is 34.9 Å². The Morgan fingerprint density at radius 1 is 0.962 bits per heavy atom. The third-order valence-corrected chi connectivity index (χ3v) is 9.00. The molecule has 3 unspecified atom stereocenters. The van der Waals surface area contributed by atoms with Gasteiger partial charge in [0.25, 0.3) is 5.69 Å². The lowest BCUT2D eigenvalue weighted by Crippen LogP contribution is -2.38. The molecule has 3 atom stereocenters. The number of aliphatic hydroxyl groups excluding tert-OH is 1. The second-order valence-corrected chi connectivity index (χ2v) is 12.1. The van der Waals surface area contributed by atoms with Crippen LogP contribution in [0.3, 0.4) is 0 Å². The van der Waals surface area contributed by atoms with E-state index in [2.05, 4.69) is 11.8 Å². The molecule has 2 N–H and O–H groups in total. The number of methoxy groups -OCH3 is 2. The molecule has 1 amide bonds. The number of alkyl halides is 3. The Kier molecular flexibility index (Phi) is 10.7. The van der Waals surface area contributed by atoms with E-state index in [-0.39, 0.29) is 24.3 Å². The summed E-state index contributed by atoms with van der Waals surface area (Å²) in [5, 5.41) is 25.0. The van der Waals surface area contributed by atoms with Crippen molar-refractivity contribution < 1.29 is 46.9 Å². The molecule has 5 aromatic rings. The first-order valence-corrected chi connectivity index (χ1v) is 16.4. The van der Waals surface area contributed by atoms with Crippen LogP contribution in [0.4, 0.5) is 18.9 Å². The Morgan fingerprint density at radius 3 is 2.13 bits per heavy atom. The molecule has 0 saturated carbocycles. The summed E-state index contributed by atoms with van der Waals surface area (Å²) >= 11 is 0. The van der Waals surface area contributed by atoms with Gasteiger partial charge in [-0.25, -0.2) is 0 Å². The molecule has 274 valence electrons. The SMILES string of the molecule is COc1ccc(C(OCC2OC(n3cc(C#CCNC(=O)C(F)(F)F)c4cc([N+](=O)[O-])ccc43)CC2O)(c2ccccc2)c2ccc(OC)cc2)cc1. The van der Waals surface area contributed by atoms with Crippen LogP contribution in [-0.4, -0.2) is 66.3 Å². The Morgan fingerprint density at radius 2 is 1.57 bits per heavy atom. The Balaban J connectivity index is 1.33. The summed E-state index contributed by atoms with van der Waals surface area (Å²) in [7, 11) is 3.16. The average molecular weight is 730 g/mol. The molecule has 1 aromatic heterocycles. The van der Waals surface area contributed by atoms with Crippen LogP contribution < -0.4 is 14.8 Å². The van der Waals surface area contributed by atoms with E-state index in [4.69, 9.17) is 18.9 Å². The Labute approximate surface area is 302 Å². The van der Waals surface area contributed by atoms with E-state index in [1.54, 1.807) is 30.3 Å². The number of nitrogens with one attached hydrogen (secondary N) is 1. The van der Waals surface area contributed by atoms with Gasteiger partial charge in [0.05, 0.1) is 49.5 Å². The molecule has 0 spiro atoms. The van der Waals surface area contributed by atoms with Gasteiger partial charge in [0.15, 0.2) is 0 Å². The highest BCUT2D eigenvalue weighted by Crippen LogP contribution is 2.43. The summed E-state index contributed by atoms with van der Waals surface area (Å²) < 4.78 is 63.7. The molecular formula is C39H34F3N3O8. The number of carbonyl (C=O) groups excluding carboxylic acids is 1. The molecule has 1 fully saturated rings. The number of carbonyl (C=O) groups is 1. The lowest BCUT2D eigenvalue weighted by molar-refractivity contribution is -0.384. The van der Waals surface area contributed by atoms with Gasteiger partial charge in [0.2, 0.25) is 0 Å². The monoisotopic (exact) mass is 729 g/mol. The number of fused-ring (bicyclic) bond motifs is 1. The predicted octanol–water partition coefficient (Wildman–Crippen LogP) is 6.25. The highest BCUT2D eigenvalue weighted by molar-refractivity contribution is 5.89. The second kappa shape index (κ2) is 15.4. The van der Waals surface area contributed by atoms with Crippen LogP contribution in [-0.2, 0) is 19.9 Å². The second-order valence-electron chi connectivity index (χ2n) is 12.1. The fourth-order valence-electron chi connectivity index (χ4n) is 6.38. The Bertz CT molecular complexity index is 2100. The zero-order chi connectivity index (χ0) is 37.8. The third kappa shape index (κ3) is 7.68. The number of aliphatic hydroxyl groups is 1. The molecule has 1 saturated heterocycles. The molecule has 0 aliphatic carbocycles. The number of halogens is 3. The van der Waals surface area contributed by atoms with Gasteiger partial charge in [0.1, 0.15) is 29.4 Å². The third-order valence-electron chi connectivity index (χ3n) is 9.00. The molecule has 0 bridgehead atoms. The predicted molar refractivity (Wildman–Crippen MR) is 187 cm³/mol. The van der Waals surface area contributed by atoms with Gasteiger partial charge in [-0.05, 0) is 47.0 Å². The first-order valence-electron chi connectivity index (χ1n) is 16.4. The quantitative estimate of drug-likeness (QED) is 0.0706. The number of rotatable bonds is 11. The van der Waals surface area contributed by atoms with Gasteiger partial charge in [-0.2, -0.15) is 13.2 Å². The van der Waals surface area contributed by atoms with Crippen LogP contribution in [0.5, 0.6) is 11.5 Å². The number of non-ortho nitro benzene ring substituents is 1. The van der Waals surface area contributed by atoms with E-state index in [0.717, 1.165) is 16.7 Å². The lowest BCUT2D eigenvalue weighted by atomic mass is 9.80. The molecule has 1 aliphatic heterocycles.